The normalized spacial score (nSPS) is 11.5. The number of carbonyl (C=O) groups is 2. The molecule has 0 radical (unpaired) electrons. The molecule has 1 atom stereocenters. The minimum absolute atomic E-state index is 0.142. The molecule has 2 N–H and O–H groups in total. The summed E-state index contributed by atoms with van der Waals surface area (Å²) in [4.78, 5) is 25.9. The Hall–Kier alpha value is -2.24. The van der Waals surface area contributed by atoms with Crippen LogP contribution < -0.4 is 10.6 Å². The van der Waals surface area contributed by atoms with Crippen molar-refractivity contribution < 1.29 is 9.59 Å². The van der Waals surface area contributed by atoms with Gasteiger partial charge in [0.15, 0.2) is 0 Å². The van der Waals surface area contributed by atoms with Crippen LogP contribution in [0.1, 0.15) is 23.7 Å². The summed E-state index contributed by atoms with van der Waals surface area (Å²) in [5.74, 6) is -0.393. The van der Waals surface area contributed by atoms with Crippen LogP contribution in [-0.2, 0) is 4.79 Å². The molecule has 0 aromatic heterocycles. The summed E-state index contributed by atoms with van der Waals surface area (Å²) in [5.41, 5.74) is 0.920. The van der Waals surface area contributed by atoms with Crippen molar-refractivity contribution in [2.24, 2.45) is 0 Å². The van der Waals surface area contributed by atoms with Crippen molar-refractivity contribution in [1.82, 2.24) is 5.32 Å². The molecule has 4 nitrogen and oxygen atoms in total. The fourth-order valence-electron chi connectivity index (χ4n) is 2.26. The van der Waals surface area contributed by atoms with Gasteiger partial charge in [0.05, 0.1) is 16.5 Å². The Balaban J connectivity index is 2.11. The zero-order valence-corrected chi connectivity index (χ0v) is 16.1. The molecule has 6 heteroatoms. The second-order valence-corrected chi connectivity index (χ2v) is 7.21. The largest absolute Gasteiger partial charge is 0.349 e. The van der Waals surface area contributed by atoms with Crippen LogP contribution in [0, 0.1) is 0 Å². The molecular formula is C20H21ClN2O2S. The minimum Gasteiger partial charge on any atom is -0.349 e. The first kappa shape index (κ1) is 20.1. The van der Waals surface area contributed by atoms with Crippen molar-refractivity contribution in [1.29, 1.82) is 0 Å². The summed E-state index contributed by atoms with van der Waals surface area (Å²) < 4.78 is 0. The van der Waals surface area contributed by atoms with Gasteiger partial charge in [-0.1, -0.05) is 36.7 Å². The van der Waals surface area contributed by atoms with Gasteiger partial charge in [0, 0.05) is 16.5 Å². The van der Waals surface area contributed by atoms with Crippen molar-refractivity contribution >= 4 is 40.9 Å². The van der Waals surface area contributed by atoms with Gasteiger partial charge in [-0.2, -0.15) is 0 Å². The lowest BCUT2D eigenvalue weighted by Gasteiger charge is -2.16. The number of rotatable bonds is 8. The summed E-state index contributed by atoms with van der Waals surface area (Å²) in [6.45, 7) is 5.90. The Bertz CT molecular complexity index is 778. The number of nitrogens with one attached hydrogen (secondary N) is 2. The molecular weight excluding hydrogens is 368 g/mol. The highest BCUT2D eigenvalue weighted by Gasteiger charge is 2.20. The molecule has 0 spiro atoms. The first-order valence-electron chi connectivity index (χ1n) is 8.26. The molecule has 0 saturated carbocycles. The highest BCUT2D eigenvalue weighted by Crippen LogP contribution is 2.28. The van der Waals surface area contributed by atoms with Crippen LogP contribution in [0.2, 0.25) is 5.02 Å². The lowest BCUT2D eigenvalue weighted by Crippen LogP contribution is -2.28. The maximum atomic E-state index is 12.7. The summed E-state index contributed by atoms with van der Waals surface area (Å²) in [7, 11) is 0. The van der Waals surface area contributed by atoms with Gasteiger partial charge in [-0.25, -0.2) is 0 Å². The quantitative estimate of drug-likeness (QED) is 0.506. The molecule has 26 heavy (non-hydrogen) atoms. The van der Waals surface area contributed by atoms with E-state index in [1.54, 1.807) is 42.5 Å². The van der Waals surface area contributed by atoms with E-state index in [0.29, 0.717) is 29.2 Å². The van der Waals surface area contributed by atoms with E-state index >= 15 is 0 Å². The van der Waals surface area contributed by atoms with E-state index in [0.717, 1.165) is 4.90 Å². The summed E-state index contributed by atoms with van der Waals surface area (Å²) in [6, 6.07) is 14.3. The molecule has 0 aliphatic heterocycles. The third-order valence-corrected chi connectivity index (χ3v) is 5.22. The smallest absolute Gasteiger partial charge is 0.253 e. The van der Waals surface area contributed by atoms with E-state index < -0.39 is 0 Å². The van der Waals surface area contributed by atoms with Crippen molar-refractivity contribution in [2.75, 3.05) is 11.9 Å². The first-order chi connectivity index (χ1) is 12.5. The first-order valence-corrected chi connectivity index (χ1v) is 9.52. The van der Waals surface area contributed by atoms with Crippen molar-refractivity contribution in [2.45, 2.75) is 23.5 Å². The monoisotopic (exact) mass is 388 g/mol. The van der Waals surface area contributed by atoms with Gasteiger partial charge in [0.1, 0.15) is 0 Å². The van der Waals surface area contributed by atoms with E-state index in [-0.39, 0.29) is 17.1 Å². The topological polar surface area (TPSA) is 58.2 Å². The lowest BCUT2D eigenvalue weighted by atomic mass is 10.1. The number of carbonyl (C=O) groups excluding carboxylic acids is 2. The minimum atomic E-state index is -0.277. The molecule has 0 saturated heterocycles. The number of hydrogen-bond donors (Lipinski definition) is 2. The van der Waals surface area contributed by atoms with E-state index in [1.807, 2.05) is 19.1 Å². The van der Waals surface area contributed by atoms with Crippen LogP contribution >= 0.6 is 23.4 Å². The Kier molecular flexibility index (Phi) is 7.75. The number of amides is 2. The fourth-order valence-corrected chi connectivity index (χ4v) is 3.34. The summed E-state index contributed by atoms with van der Waals surface area (Å²) in [6.07, 6.45) is 2.26. The average molecular weight is 389 g/mol. The molecule has 2 aromatic carbocycles. The number of thioether (sulfide) groups is 1. The Labute approximate surface area is 163 Å². The Morgan fingerprint density at radius 2 is 1.88 bits per heavy atom. The number of anilines is 1. The highest BCUT2D eigenvalue weighted by molar-refractivity contribution is 8.00. The van der Waals surface area contributed by atoms with Gasteiger partial charge >= 0.3 is 0 Å². The van der Waals surface area contributed by atoms with Gasteiger partial charge in [-0.3, -0.25) is 9.59 Å². The molecule has 2 rings (SSSR count). The van der Waals surface area contributed by atoms with Crippen LogP contribution in [0.15, 0.2) is 66.1 Å². The van der Waals surface area contributed by atoms with Crippen molar-refractivity contribution in [3.05, 3.63) is 71.8 Å². The number of halogens is 1. The van der Waals surface area contributed by atoms with Crippen LogP contribution in [0.5, 0.6) is 0 Å². The fraction of sp³-hybridized carbons (Fsp3) is 0.200. The average Bonchev–Trinajstić information content (AvgIpc) is 2.66. The van der Waals surface area contributed by atoms with Gasteiger partial charge in [0.25, 0.3) is 5.91 Å². The van der Waals surface area contributed by atoms with Crippen molar-refractivity contribution in [3.63, 3.8) is 0 Å². The van der Waals surface area contributed by atoms with E-state index in [2.05, 4.69) is 17.2 Å². The molecule has 2 aromatic rings. The molecule has 0 aliphatic carbocycles. The molecule has 1 unspecified atom stereocenters. The highest BCUT2D eigenvalue weighted by atomic mass is 35.5. The van der Waals surface area contributed by atoms with Gasteiger partial charge in [-0.15, -0.1) is 18.3 Å². The SMILES string of the molecule is C=CCNC(=O)c1ccccc1NC(=O)C(CC)Sc1ccc(Cl)cc1. The summed E-state index contributed by atoms with van der Waals surface area (Å²) >= 11 is 7.37. The maximum absolute atomic E-state index is 12.7. The predicted molar refractivity (Wildman–Crippen MR) is 109 cm³/mol. The predicted octanol–water partition coefficient (Wildman–Crippen LogP) is 4.77. The second kappa shape index (κ2) is 10.0. The third-order valence-electron chi connectivity index (χ3n) is 3.59. The van der Waals surface area contributed by atoms with Crippen LogP contribution in [0.25, 0.3) is 0 Å². The molecule has 0 fully saturated rings. The van der Waals surface area contributed by atoms with Crippen LogP contribution in [0.3, 0.4) is 0 Å². The van der Waals surface area contributed by atoms with Gasteiger partial charge < -0.3 is 10.6 Å². The van der Waals surface area contributed by atoms with Crippen molar-refractivity contribution in [3.8, 4) is 0 Å². The Morgan fingerprint density at radius 1 is 1.19 bits per heavy atom. The van der Waals surface area contributed by atoms with E-state index in [4.69, 9.17) is 11.6 Å². The van der Waals surface area contributed by atoms with Crippen LogP contribution in [0.4, 0.5) is 5.69 Å². The second-order valence-electron chi connectivity index (χ2n) is 5.50. The molecule has 0 bridgehead atoms. The van der Waals surface area contributed by atoms with Crippen LogP contribution in [-0.4, -0.2) is 23.6 Å². The van der Waals surface area contributed by atoms with E-state index in [9.17, 15) is 9.59 Å². The number of benzene rings is 2. The number of para-hydroxylation sites is 1. The molecule has 0 heterocycles. The zero-order valence-electron chi connectivity index (χ0n) is 14.5. The molecule has 2 amide bonds. The Morgan fingerprint density at radius 3 is 2.54 bits per heavy atom. The summed E-state index contributed by atoms with van der Waals surface area (Å²) in [5, 5.41) is 5.98. The standard InChI is InChI=1S/C20H21ClN2O2S/c1-3-13-22-19(24)16-7-5-6-8-17(16)23-20(25)18(4-2)26-15-11-9-14(21)10-12-15/h3,5-12,18H,1,4,13H2,2H3,(H,22,24)(H,23,25). The van der Waals surface area contributed by atoms with Gasteiger partial charge in [0.2, 0.25) is 5.91 Å². The number of hydrogen-bond acceptors (Lipinski definition) is 3. The molecule has 0 aliphatic rings. The zero-order chi connectivity index (χ0) is 18.9. The maximum Gasteiger partial charge on any atom is 0.253 e. The van der Waals surface area contributed by atoms with Gasteiger partial charge in [-0.05, 0) is 42.8 Å². The lowest BCUT2D eigenvalue weighted by molar-refractivity contribution is -0.115. The third kappa shape index (κ3) is 5.64. The molecule has 136 valence electrons. The van der Waals surface area contributed by atoms with E-state index in [1.165, 1.54) is 11.8 Å².